The lowest BCUT2D eigenvalue weighted by Crippen LogP contribution is -2.57. The van der Waals surface area contributed by atoms with Crippen LogP contribution in [0.2, 0.25) is 0 Å². The number of fused-ring (bicyclic) bond motifs is 5. The molecule has 376 valence electrons. The maximum atomic E-state index is 6.55. The molecule has 0 amide bonds. The van der Waals surface area contributed by atoms with Gasteiger partial charge in [-0.15, -0.1) is 0 Å². The third kappa shape index (κ3) is 17.1. The van der Waals surface area contributed by atoms with E-state index in [2.05, 4.69) is 83.7 Å². The third-order valence-electron chi connectivity index (χ3n) is 18.1. The molecule has 9 atom stereocenters. The van der Waals surface area contributed by atoms with Crippen LogP contribution in [0.1, 0.15) is 215 Å². The molecule has 6 nitrogen and oxygen atoms in total. The van der Waals surface area contributed by atoms with E-state index >= 15 is 0 Å². The summed E-state index contributed by atoms with van der Waals surface area (Å²) < 4.78 is 30.9. The number of allylic oxidation sites excluding steroid dienone is 5. The second-order valence-corrected chi connectivity index (χ2v) is 23.1. The van der Waals surface area contributed by atoms with Crippen LogP contribution < -0.4 is 0 Å². The van der Waals surface area contributed by atoms with E-state index < -0.39 is 0 Å². The highest BCUT2D eigenvalue weighted by Gasteiger charge is 2.64. The van der Waals surface area contributed by atoms with Gasteiger partial charge in [-0.2, -0.15) is 0 Å². The molecule has 0 aromatic rings. The lowest BCUT2D eigenvalue weighted by molar-refractivity contribution is -0.123. The van der Waals surface area contributed by atoms with Crippen LogP contribution in [-0.2, 0) is 23.7 Å². The fourth-order valence-corrected chi connectivity index (χ4v) is 13.9. The average Bonchev–Trinajstić information content (AvgIpc) is 3.65. The highest BCUT2D eigenvalue weighted by atomic mass is 16.7. The monoisotopic (exact) mass is 908 g/mol. The van der Waals surface area contributed by atoms with Gasteiger partial charge >= 0.3 is 0 Å². The molecule has 0 spiro atoms. The summed E-state index contributed by atoms with van der Waals surface area (Å²) in [5, 5.41) is 0. The van der Waals surface area contributed by atoms with Crippen molar-refractivity contribution in [1.82, 2.24) is 4.90 Å². The molecule has 0 aromatic heterocycles. The third-order valence-corrected chi connectivity index (χ3v) is 18.1. The van der Waals surface area contributed by atoms with Gasteiger partial charge in [0, 0.05) is 13.2 Å². The highest BCUT2D eigenvalue weighted by molar-refractivity contribution is 5.29. The van der Waals surface area contributed by atoms with E-state index in [4.69, 9.17) is 23.7 Å². The molecule has 65 heavy (non-hydrogen) atoms. The lowest BCUT2D eigenvalue weighted by atomic mass is 9.40. The van der Waals surface area contributed by atoms with Gasteiger partial charge in [-0.05, 0) is 162 Å². The first kappa shape index (κ1) is 54.9. The van der Waals surface area contributed by atoms with Gasteiger partial charge in [-0.25, -0.2) is 0 Å². The Morgan fingerprint density at radius 3 is 2.20 bits per heavy atom. The maximum Gasteiger partial charge on any atom is 0.146 e. The Labute approximate surface area is 402 Å². The van der Waals surface area contributed by atoms with Crippen molar-refractivity contribution >= 4 is 0 Å². The minimum absolute atomic E-state index is 0.0383. The summed E-state index contributed by atoms with van der Waals surface area (Å²) in [6.07, 6.45) is 46.3. The van der Waals surface area contributed by atoms with E-state index in [0.717, 1.165) is 75.1 Å². The molecule has 6 heteroatoms. The van der Waals surface area contributed by atoms with Crippen molar-refractivity contribution in [3.63, 3.8) is 0 Å². The molecule has 1 heterocycles. The van der Waals surface area contributed by atoms with Crippen LogP contribution in [-0.4, -0.2) is 83.2 Å². The van der Waals surface area contributed by atoms with Gasteiger partial charge in [-0.1, -0.05) is 149 Å². The molecule has 0 radical (unpaired) electrons. The molecule has 1 unspecified atom stereocenters. The highest BCUT2D eigenvalue weighted by Crippen LogP contribution is 2.72. The van der Waals surface area contributed by atoms with Crippen molar-refractivity contribution in [1.29, 1.82) is 0 Å². The minimum Gasteiger partial charge on any atom is -0.377 e. The maximum absolute atomic E-state index is 6.55. The molecular formula is C59H105NO5. The second-order valence-electron chi connectivity index (χ2n) is 23.1. The summed E-state index contributed by atoms with van der Waals surface area (Å²) in [7, 11) is 0. The molecule has 3 saturated carbocycles. The lowest BCUT2D eigenvalue weighted by Gasteiger charge is -2.64. The molecule has 4 aliphatic carbocycles. The molecule has 1 aliphatic heterocycles. The predicted molar refractivity (Wildman–Crippen MR) is 274 cm³/mol. The zero-order valence-electron chi connectivity index (χ0n) is 43.9. The SMILES string of the molecule is CCCCC/C=C\C/C=C\CCCCCCCCOCOCC(CN1CCCCC1)OCCOCCO[C@H]1CC[C@@]2(C)C(=CC[C@H]3[C@@H]4CC[C@H]([C@H](C)CCCC(C)C)[C@@]4(C)CC[C@@]32C)C1. The van der Waals surface area contributed by atoms with Crippen molar-refractivity contribution in [3.05, 3.63) is 36.0 Å². The van der Waals surface area contributed by atoms with Crippen LogP contribution in [0.15, 0.2) is 36.0 Å². The Kier molecular flexibility index (Phi) is 25.2. The smallest absolute Gasteiger partial charge is 0.146 e. The van der Waals surface area contributed by atoms with Gasteiger partial charge in [0.15, 0.2) is 0 Å². The van der Waals surface area contributed by atoms with Gasteiger partial charge in [-0.3, -0.25) is 0 Å². The molecular weight excluding hydrogens is 803 g/mol. The topological polar surface area (TPSA) is 49.4 Å². The summed E-state index contributed by atoms with van der Waals surface area (Å²) in [6.45, 7) is 25.2. The van der Waals surface area contributed by atoms with Crippen LogP contribution in [0.5, 0.6) is 0 Å². The number of hydrogen-bond acceptors (Lipinski definition) is 6. The van der Waals surface area contributed by atoms with Crippen molar-refractivity contribution < 1.29 is 23.7 Å². The number of unbranched alkanes of at least 4 members (excludes halogenated alkanes) is 9. The Hall–Kier alpha value is -1.02. The molecule has 1 saturated heterocycles. The fourth-order valence-electron chi connectivity index (χ4n) is 13.9. The summed E-state index contributed by atoms with van der Waals surface area (Å²) in [6, 6.07) is 0. The van der Waals surface area contributed by atoms with Gasteiger partial charge in [0.25, 0.3) is 0 Å². The Balaban J connectivity index is 0.909. The van der Waals surface area contributed by atoms with E-state index in [9.17, 15) is 0 Å². The van der Waals surface area contributed by atoms with Crippen LogP contribution in [0.3, 0.4) is 0 Å². The molecule has 4 fully saturated rings. The largest absolute Gasteiger partial charge is 0.377 e. The zero-order chi connectivity index (χ0) is 46.2. The summed E-state index contributed by atoms with van der Waals surface area (Å²) in [5.74, 6) is 4.35. The molecule has 5 rings (SSSR count). The number of piperidine rings is 1. The van der Waals surface area contributed by atoms with Crippen LogP contribution in [0.25, 0.3) is 0 Å². The fraction of sp³-hybridized carbons (Fsp3) is 0.898. The predicted octanol–water partition coefficient (Wildman–Crippen LogP) is 15.5. The Morgan fingerprint density at radius 2 is 1.43 bits per heavy atom. The van der Waals surface area contributed by atoms with E-state index in [1.54, 1.807) is 5.57 Å². The number of likely N-dealkylation sites (tertiary alicyclic amines) is 1. The molecule has 5 aliphatic rings. The first-order valence-electron chi connectivity index (χ1n) is 28.3. The van der Waals surface area contributed by atoms with Gasteiger partial charge in [0.1, 0.15) is 6.79 Å². The van der Waals surface area contributed by atoms with E-state index in [-0.39, 0.29) is 6.10 Å². The van der Waals surface area contributed by atoms with Crippen LogP contribution >= 0.6 is 0 Å². The quantitative estimate of drug-likeness (QED) is 0.0364. The standard InChI is InChI=1S/C59H105NO5/c1-8-9-10-11-12-13-14-15-16-17-18-19-20-21-22-26-40-62-48-63-47-53(46-60-38-24-23-25-39-60)65-44-42-61-41-43-64-52-34-35-58(6)51(45-52)30-31-56-55-33-32-54(50(4)29-27-28-49(2)3)57(55,5)36-37-59(56,58)7/h12-13,15-16,30,49-50,52-56H,8-11,14,17-29,31-48H2,1-7H3/b13-12-,16-15-/t50-,52+,53?,54-,55+,56+,57-,58+,59+/m1/s1. The minimum atomic E-state index is 0.0383. The summed E-state index contributed by atoms with van der Waals surface area (Å²) in [4.78, 5) is 2.54. The Bertz CT molecular complexity index is 1360. The van der Waals surface area contributed by atoms with Gasteiger partial charge in [0.05, 0.1) is 45.2 Å². The van der Waals surface area contributed by atoms with Crippen molar-refractivity contribution in [3.8, 4) is 0 Å². The van der Waals surface area contributed by atoms with Crippen LogP contribution in [0, 0.1) is 45.8 Å². The number of ether oxygens (including phenoxy) is 5. The van der Waals surface area contributed by atoms with Gasteiger partial charge in [0.2, 0.25) is 0 Å². The van der Waals surface area contributed by atoms with Crippen molar-refractivity contribution in [2.75, 3.05) is 66.1 Å². The average molecular weight is 908 g/mol. The number of rotatable bonds is 34. The Morgan fingerprint density at radius 1 is 0.692 bits per heavy atom. The normalized spacial score (nSPS) is 30.5. The van der Waals surface area contributed by atoms with Crippen LogP contribution in [0.4, 0.5) is 0 Å². The second kappa shape index (κ2) is 29.9. The van der Waals surface area contributed by atoms with E-state index in [0.29, 0.717) is 62.2 Å². The molecule has 0 N–H and O–H groups in total. The first-order chi connectivity index (χ1) is 31.6. The number of hydrogen-bond donors (Lipinski definition) is 0. The van der Waals surface area contributed by atoms with E-state index in [1.807, 2.05) is 0 Å². The first-order valence-corrected chi connectivity index (χ1v) is 28.3. The van der Waals surface area contributed by atoms with Gasteiger partial charge < -0.3 is 28.6 Å². The number of nitrogens with zero attached hydrogens (tertiary/aromatic N) is 1. The summed E-state index contributed by atoms with van der Waals surface area (Å²) in [5.41, 5.74) is 2.98. The van der Waals surface area contributed by atoms with Crippen molar-refractivity contribution in [2.45, 2.75) is 228 Å². The zero-order valence-corrected chi connectivity index (χ0v) is 43.9. The molecule has 0 bridgehead atoms. The summed E-state index contributed by atoms with van der Waals surface area (Å²) >= 11 is 0. The van der Waals surface area contributed by atoms with E-state index in [1.165, 1.54) is 148 Å². The van der Waals surface area contributed by atoms with Crippen molar-refractivity contribution in [2.24, 2.45) is 45.8 Å². The molecule has 0 aromatic carbocycles.